The third kappa shape index (κ3) is 4.09. The first-order chi connectivity index (χ1) is 16.4. The summed E-state index contributed by atoms with van der Waals surface area (Å²) in [5.41, 5.74) is 3.18. The molecule has 1 unspecified atom stereocenters. The summed E-state index contributed by atoms with van der Waals surface area (Å²) in [7, 11) is 0. The minimum Gasteiger partial charge on any atom is -0.490 e. The predicted octanol–water partition coefficient (Wildman–Crippen LogP) is 5.72. The Morgan fingerprint density at radius 3 is 2.59 bits per heavy atom. The van der Waals surface area contributed by atoms with E-state index in [0.717, 1.165) is 29.5 Å². The van der Waals surface area contributed by atoms with Gasteiger partial charge in [-0.05, 0) is 62.1 Å². The van der Waals surface area contributed by atoms with E-state index in [1.165, 1.54) is 0 Å². The molecule has 178 valence electrons. The van der Waals surface area contributed by atoms with Gasteiger partial charge in [0, 0.05) is 6.54 Å². The van der Waals surface area contributed by atoms with Crippen LogP contribution in [0.1, 0.15) is 65.5 Å². The van der Waals surface area contributed by atoms with Crippen LogP contribution in [0.2, 0.25) is 0 Å². The van der Waals surface area contributed by atoms with Crippen LogP contribution in [0.3, 0.4) is 0 Å². The lowest BCUT2D eigenvalue weighted by atomic mass is 9.97. The number of ether oxygens (including phenoxy) is 2. The van der Waals surface area contributed by atoms with E-state index in [1.807, 2.05) is 51.1 Å². The highest BCUT2D eigenvalue weighted by molar-refractivity contribution is 5.99. The van der Waals surface area contributed by atoms with Crippen molar-refractivity contribution >= 4 is 16.9 Å². The second-order valence-electron chi connectivity index (χ2n) is 8.62. The number of hydrogen-bond donors (Lipinski definition) is 0. The van der Waals surface area contributed by atoms with E-state index in [9.17, 15) is 9.59 Å². The quantitative estimate of drug-likeness (QED) is 0.301. The van der Waals surface area contributed by atoms with Crippen LogP contribution in [-0.4, -0.2) is 30.6 Å². The van der Waals surface area contributed by atoms with Gasteiger partial charge in [-0.15, -0.1) is 6.58 Å². The van der Waals surface area contributed by atoms with Gasteiger partial charge in [0.05, 0.1) is 30.2 Å². The number of unbranched alkanes of at least 4 members (excludes halogenated alkanes) is 1. The molecule has 0 saturated heterocycles. The minimum absolute atomic E-state index is 0.0949. The number of carbonyl (C=O) groups is 1. The molecule has 0 saturated carbocycles. The van der Waals surface area contributed by atoms with Crippen molar-refractivity contribution in [1.82, 2.24) is 4.90 Å². The zero-order valence-electron chi connectivity index (χ0n) is 20.3. The van der Waals surface area contributed by atoms with Crippen molar-refractivity contribution in [3.05, 3.63) is 81.2 Å². The van der Waals surface area contributed by atoms with E-state index in [4.69, 9.17) is 13.9 Å². The van der Waals surface area contributed by atoms with Gasteiger partial charge in [0.15, 0.2) is 16.9 Å². The molecule has 0 fully saturated rings. The molecular formula is C28H31NO5. The van der Waals surface area contributed by atoms with Gasteiger partial charge >= 0.3 is 0 Å². The summed E-state index contributed by atoms with van der Waals surface area (Å²) in [4.78, 5) is 28.7. The molecule has 3 aromatic rings. The molecule has 4 rings (SSSR count). The van der Waals surface area contributed by atoms with E-state index in [-0.39, 0.29) is 23.6 Å². The fourth-order valence-electron chi connectivity index (χ4n) is 4.56. The Kier molecular flexibility index (Phi) is 6.77. The first kappa shape index (κ1) is 23.6. The number of aryl methyl sites for hydroxylation is 2. The molecule has 0 spiro atoms. The summed E-state index contributed by atoms with van der Waals surface area (Å²) >= 11 is 0. The Balaban J connectivity index is 1.90. The highest BCUT2D eigenvalue weighted by Gasteiger charge is 2.42. The highest BCUT2D eigenvalue weighted by atomic mass is 16.5. The third-order valence-electron chi connectivity index (χ3n) is 6.06. The van der Waals surface area contributed by atoms with Crippen molar-refractivity contribution in [2.75, 3.05) is 19.8 Å². The van der Waals surface area contributed by atoms with Crippen LogP contribution in [0, 0.1) is 13.8 Å². The lowest BCUT2D eigenvalue weighted by Crippen LogP contribution is -2.29. The van der Waals surface area contributed by atoms with Crippen LogP contribution in [0.25, 0.3) is 11.0 Å². The fourth-order valence-corrected chi connectivity index (χ4v) is 4.56. The summed E-state index contributed by atoms with van der Waals surface area (Å²) in [6.07, 6.45) is 3.63. The minimum atomic E-state index is -0.606. The zero-order chi connectivity index (χ0) is 24.4. The normalized spacial score (nSPS) is 15.0. The summed E-state index contributed by atoms with van der Waals surface area (Å²) in [6.45, 7) is 13.0. The van der Waals surface area contributed by atoms with Crippen molar-refractivity contribution in [2.24, 2.45) is 0 Å². The molecule has 0 bridgehead atoms. The number of fused-ring (bicyclic) bond motifs is 2. The van der Waals surface area contributed by atoms with Crippen LogP contribution in [-0.2, 0) is 0 Å². The largest absolute Gasteiger partial charge is 0.490 e. The average Bonchev–Trinajstić information content (AvgIpc) is 3.08. The molecule has 1 amide bonds. The first-order valence-corrected chi connectivity index (χ1v) is 11.8. The van der Waals surface area contributed by atoms with Crippen LogP contribution in [0.15, 0.2) is 52.2 Å². The number of amides is 1. The number of hydrogen-bond acceptors (Lipinski definition) is 5. The molecule has 1 aromatic heterocycles. The van der Waals surface area contributed by atoms with E-state index >= 15 is 0 Å². The standard InChI is InChI=1S/C28H31NO5/c1-6-9-13-33-21-11-10-19(16-22(21)32-8-3)24-23-25(30)20-15-17(4)14-18(5)26(20)34-27(23)28(31)29(24)12-7-2/h7,10-11,14-16,24H,2,6,8-9,12-13H2,1,3-5H3. The Morgan fingerprint density at radius 2 is 1.88 bits per heavy atom. The smallest absolute Gasteiger partial charge is 0.291 e. The van der Waals surface area contributed by atoms with E-state index in [2.05, 4.69) is 13.5 Å². The first-order valence-electron chi connectivity index (χ1n) is 11.8. The number of nitrogens with zero attached hydrogens (tertiary/aromatic N) is 1. The second-order valence-corrected chi connectivity index (χ2v) is 8.62. The monoisotopic (exact) mass is 461 g/mol. The zero-order valence-corrected chi connectivity index (χ0v) is 20.3. The van der Waals surface area contributed by atoms with Crippen molar-refractivity contribution in [3.8, 4) is 11.5 Å². The van der Waals surface area contributed by atoms with E-state index < -0.39 is 6.04 Å². The molecule has 2 aromatic carbocycles. The molecule has 1 aliphatic heterocycles. The molecule has 2 heterocycles. The number of rotatable bonds is 9. The van der Waals surface area contributed by atoms with Gasteiger partial charge in [-0.25, -0.2) is 0 Å². The van der Waals surface area contributed by atoms with Crippen LogP contribution >= 0.6 is 0 Å². The summed E-state index contributed by atoms with van der Waals surface area (Å²) < 4.78 is 17.9. The molecule has 6 nitrogen and oxygen atoms in total. The molecule has 0 radical (unpaired) electrons. The molecule has 0 N–H and O–H groups in total. The summed E-state index contributed by atoms with van der Waals surface area (Å²) in [5, 5.41) is 0.485. The van der Waals surface area contributed by atoms with Crippen LogP contribution in [0.5, 0.6) is 11.5 Å². The number of carbonyl (C=O) groups excluding carboxylic acids is 1. The summed E-state index contributed by atoms with van der Waals surface area (Å²) in [6, 6.07) is 8.76. The average molecular weight is 462 g/mol. The number of benzene rings is 2. The lowest BCUT2D eigenvalue weighted by Gasteiger charge is -2.24. The maximum absolute atomic E-state index is 13.7. The van der Waals surface area contributed by atoms with E-state index in [0.29, 0.717) is 41.2 Å². The second kappa shape index (κ2) is 9.75. The van der Waals surface area contributed by atoms with E-state index in [1.54, 1.807) is 11.0 Å². The molecule has 1 aliphatic rings. The van der Waals surface area contributed by atoms with Crippen molar-refractivity contribution in [1.29, 1.82) is 0 Å². The Labute approximate surface area is 199 Å². The third-order valence-corrected chi connectivity index (χ3v) is 6.06. The molecule has 6 heteroatoms. The molecule has 0 aliphatic carbocycles. The fraction of sp³-hybridized carbons (Fsp3) is 0.357. The van der Waals surface area contributed by atoms with Crippen LogP contribution < -0.4 is 14.9 Å². The Morgan fingerprint density at radius 1 is 1.09 bits per heavy atom. The van der Waals surface area contributed by atoms with Gasteiger partial charge in [0.1, 0.15) is 5.58 Å². The van der Waals surface area contributed by atoms with Crippen LogP contribution in [0.4, 0.5) is 0 Å². The predicted molar refractivity (Wildman–Crippen MR) is 133 cm³/mol. The van der Waals surface area contributed by atoms with Crippen molar-refractivity contribution < 1.29 is 18.7 Å². The van der Waals surface area contributed by atoms with Gasteiger partial charge in [-0.1, -0.05) is 31.6 Å². The SMILES string of the molecule is C=CCN1C(=O)c2oc3c(C)cc(C)cc3c(=O)c2C1c1ccc(OCCCC)c(OCC)c1. The summed E-state index contributed by atoms with van der Waals surface area (Å²) in [5.74, 6) is 1.01. The maximum Gasteiger partial charge on any atom is 0.291 e. The van der Waals surface area contributed by atoms with Gasteiger partial charge in [0.2, 0.25) is 5.76 Å². The lowest BCUT2D eigenvalue weighted by molar-refractivity contribution is 0.0748. The molecule has 34 heavy (non-hydrogen) atoms. The van der Waals surface area contributed by atoms with Crippen molar-refractivity contribution in [3.63, 3.8) is 0 Å². The Hall–Kier alpha value is -3.54. The molecule has 1 atom stereocenters. The van der Waals surface area contributed by atoms with Gasteiger partial charge in [-0.2, -0.15) is 0 Å². The maximum atomic E-state index is 13.7. The molecular weight excluding hydrogens is 430 g/mol. The van der Waals surface area contributed by atoms with Crippen molar-refractivity contribution in [2.45, 2.75) is 46.6 Å². The topological polar surface area (TPSA) is 69.0 Å². The van der Waals surface area contributed by atoms with Gasteiger partial charge in [-0.3, -0.25) is 9.59 Å². The Bertz CT molecular complexity index is 1310. The highest BCUT2D eigenvalue weighted by Crippen LogP contribution is 2.41. The van der Waals surface area contributed by atoms with Gasteiger partial charge in [0.25, 0.3) is 5.91 Å². The van der Waals surface area contributed by atoms with Gasteiger partial charge < -0.3 is 18.8 Å².